The van der Waals surface area contributed by atoms with Crippen molar-refractivity contribution in [1.29, 1.82) is 0 Å². The molecule has 1 amide bonds. The smallest absolute Gasteiger partial charge is 0.407 e. The number of methoxy groups -OCH3 is 1. The second-order valence-electron chi connectivity index (χ2n) is 6.40. The molecule has 24 heavy (non-hydrogen) atoms. The second kappa shape index (κ2) is 5.81. The highest BCUT2D eigenvalue weighted by molar-refractivity contribution is 6.01. The number of amides is 1. The summed E-state index contributed by atoms with van der Waals surface area (Å²) in [4.78, 5) is 23.7. The molecule has 0 bridgehead atoms. The third-order valence-electron chi connectivity index (χ3n) is 4.98. The van der Waals surface area contributed by atoms with Crippen LogP contribution in [-0.4, -0.2) is 38.8 Å². The van der Waals surface area contributed by atoms with Gasteiger partial charge in [0.25, 0.3) is 0 Å². The molecule has 2 N–H and O–H groups in total. The molecule has 3 heterocycles. The molecule has 0 aromatic carbocycles. The number of carbonyl (C=O) groups excluding carboxylic acids is 1. The molecule has 1 aliphatic rings. The molecule has 0 atom stereocenters. The molecule has 3 aromatic rings. The van der Waals surface area contributed by atoms with E-state index < -0.39 is 0 Å². The van der Waals surface area contributed by atoms with Crippen LogP contribution in [0.3, 0.4) is 0 Å². The van der Waals surface area contributed by atoms with Crippen molar-refractivity contribution in [3.63, 3.8) is 0 Å². The van der Waals surface area contributed by atoms with E-state index in [0.717, 1.165) is 53.6 Å². The van der Waals surface area contributed by atoms with Crippen molar-refractivity contribution in [2.75, 3.05) is 7.11 Å². The number of ether oxygens (including phenoxy) is 1. The van der Waals surface area contributed by atoms with E-state index in [1.54, 1.807) is 0 Å². The van der Waals surface area contributed by atoms with Crippen molar-refractivity contribution in [3.8, 4) is 0 Å². The van der Waals surface area contributed by atoms with E-state index >= 15 is 0 Å². The highest BCUT2D eigenvalue weighted by Crippen LogP contribution is 2.34. The number of rotatable bonds is 2. The number of fused-ring (bicyclic) bond motifs is 3. The zero-order chi connectivity index (χ0) is 16.7. The van der Waals surface area contributed by atoms with Gasteiger partial charge in [-0.05, 0) is 38.7 Å². The van der Waals surface area contributed by atoms with E-state index in [9.17, 15) is 4.79 Å². The first-order valence-electron chi connectivity index (χ1n) is 8.32. The van der Waals surface area contributed by atoms with Crippen LogP contribution < -0.4 is 5.32 Å². The van der Waals surface area contributed by atoms with Crippen LogP contribution in [0.5, 0.6) is 0 Å². The first-order chi connectivity index (χ1) is 11.7. The molecule has 7 nitrogen and oxygen atoms in total. The molecule has 1 aliphatic carbocycles. The van der Waals surface area contributed by atoms with Gasteiger partial charge in [-0.25, -0.2) is 14.8 Å². The van der Waals surface area contributed by atoms with E-state index in [1.165, 1.54) is 7.11 Å². The molecule has 7 heteroatoms. The van der Waals surface area contributed by atoms with Gasteiger partial charge in [-0.3, -0.25) is 0 Å². The summed E-state index contributed by atoms with van der Waals surface area (Å²) in [7, 11) is 1.40. The van der Waals surface area contributed by atoms with Crippen molar-refractivity contribution < 1.29 is 9.53 Å². The Morgan fingerprint density at radius 2 is 2.17 bits per heavy atom. The third-order valence-corrected chi connectivity index (χ3v) is 4.98. The highest BCUT2D eigenvalue weighted by Gasteiger charge is 2.26. The number of hydrogen-bond donors (Lipinski definition) is 2. The van der Waals surface area contributed by atoms with Gasteiger partial charge in [0.05, 0.1) is 18.8 Å². The van der Waals surface area contributed by atoms with E-state index in [-0.39, 0.29) is 12.1 Å². The quantitative estimate of drug-likeness (QED) is 0.757. The first-order valence-corrected chi connectivity index (χ1v) is 8.32. The van der Waals surface area contributed by atoms with Crippen LogP contribution in [0, 0.1) is 6.92 Å². The standard InChI is InChI=1S/C17H21N5O2/c1-10-20-14-9-19-16-13(7-8-18-16)15(14)22(10)12-5-3-11(4-6-12)21-17(23)24-2/h7-9,11-12H,3-6H2,1-2H3,(H,18,19)(H,21,23). The number of H-pyrrole nitrogens is 1. The molecule has 4 rings (SSSR count). The van der Waals surface area contributed by atoms with E-state index in [4.69, 9.17) is 9.72 Å². The predicted molar refractivity (Wildman–Crippen MR) is 91.0 cm³/mol. The molecule has 0 radical (unpaired) electrons. The summed E-state index contributed by atoms with van der Waals surface area (Å²) in [6.07, 6.45) is 7.32. The molecular formula is C17H21N5O2. The lowest BCUT2D eigenvalue weighted by Crippen LogP contribution is -2.37. The Kier molecular flexibility index (Phi) is 3.63. The lowest BCUT2D eigenvalue weighted by molar-refractivity contribution is 0.160. The lowest BCUT2D eigenvalue weighted by atomic mass is 9.91. The summed E-state index contributed by atoms with van der Waals surface area (Å²) < 4.78 is 7.04. The maximum atomic E-state index is 11.4. The summed E-state index contributed by atoms with van der Waals surface area (Å²) in [5.41, 5.74) is 2.99. The molecule has 0 unspecified atom stereocenters. The van der Waals surface area contributed by atoms with Gasteiger partial charge < -0.3 is 19.6 Å². The number of hydrogen-bond acceptors (Lipinski definition) is 4. The Morgan fingerprint density at radius 1 is 1.38 bits per heavy atom. The van der Waals surface area contributed by atoms with E-state index in [1.807, 2.05) is 12.4 Å². The Morgan fingerprint density at radius 3 is 2.92 bits per heavy atom. The number of carbonyl (C=O) groups is 1. The Bertz CT molecular complexity index is 889. The average Bonchev–Trinajstić information content (AvgIpc) is 3.18. The number of nitrogens with zero attached hydrogens (tertiary/aromatic N) is 3. The van der Waals surface area contributed by atoms with Crippen molar-refractivity contribution in [1.82, 2.24) is 24.8 Å². The Balaban J connectivity index is 1.64. The molecule has 126 valence electrons. The lowest BCUT2D eigenvalue weighted by Gasteiger charge is -2.30. The Labute approximate surface area is 139 Å². The van der Waals surface area contributed by atoms with Crippen molar-refractivity contribution in [2.24, 2.45) is 0 Å². The fraction of sp³-hybridized carbons (Fsp3) is 0.471. The maximum Gasteiger partial charge on any atom is 0.407 e. The van der Waals surface area contributed by atoms with Crippen LogP contribution in [-0.2, 0) is 4.74 Å². The Hall–Kier alpha value is -2.57. The molecule has 1 fully saturated rings. The SMILES string of the molecule is COC(=O)NC1CCC(n2c(C)nc3cnc4[nH]ccc4c32)CC1. The van der Waals surface area contributed by atoms with Crippen LogP contribution >= 0.6 is 0 Å². The van der Waals surface area contributed by atoms with Crippen LogP contribution in [0.25, 0.3) is 22.1 Å². The van der Waals surface area contributed by atoms with Crippen LogP contribution in [0.15, 0.2) is 18.5 Å². The van der Waals surface area contributed by atoms with Crippen molar-refractivity contribution >= 4 is 28.2 Å². The molecule has 1 saturated carbocycles. The largest absolute Gasteiger partial charge is 0.453 e. The van der Waals surface area contributed by atoms with Gasteiger partial charge in [0.1, 0.15) is 17.0 Å². The molecule has 0 saturated heterocycles. The fourth-order valence-corrected chi connectivity index (χ4v) is 3.86. The summed E-state index contributed by atoms with van der Waals surface area (Å²) in [6, 6.07) is 2.65. The molecular weight excluding hydrogens is 306 g/mol. The van der Waals surface area contributed by atoms with Crippen molar-refractivity contribution in [3.05, 3.63) is 24.3 Å². The highest BCUT2D eigenvalue weighted by atomic mass is 16.5. The number of nitrogens with one attached hydrogen (secondary N) is 2. The number of alkyl carbamates (subject to hydrolysis) is 1. The predicted octanol–water partition coefficient (Wildman–Crippen LogP) is 3.06. The van der Waals surface area contributed by atoms with Crippen LogP contribution in [0.2, 0.25) is 0 Å². The summed E-state index contributed by atoms with van der Waals surface area (Å²) >= 11 is 0. The monoisotopic (exact) mass is 327 g/mol. The summed E-state index contributed by atoms with van der Waals surface area (Å²) in [5.74, 6) is 1.02. The normalized spacial score (nSPS) is 21.2. The van der Waals surface area contributed by atoms with Crippen LogP contribution in [0.1, 0.15) is 37.5 Å². The van der Waals surface area contributed by atoms with Gasteiger partial charge in [0, 0.05) is 23.7 Å². The number of aromatic nitrogens is 4. The number of aryl methyl sites for hydroxylation is 1. The molecule has 0 spiro atoms. The maximum absolute atomic E-state index is 11.4. The fourth-order valence-electron chi connectivity index (χ4n) is 3.86. The van der Waals surface area contributed by atoms with Gasteiger partial charge >= 0.3 is 6.09 Å². The zero-order valence-electron chi connectivity index (χ0n) is 13.9. The average molecular weight is 327 g/mol. The molecule has 0 aliphatic heterocycles. The first kappa shape index (κ1) is 15.0. The van der Waals surface area contributed by atoms with Crippen molar-refractivity contribution in [2.45, 2.75) is 44.7 Å². The minimum Gasteiger partial charge on any atom is -0.453 e. The summed E-state index contributed by atoms with van der Waals surface area (Å²) in [5, 5.41) is 4.02. The van der Waals surface area contributed by atoms with Crippen LogP contribution in [0.4, 0.5) is 4.79 Å². The van der Waals surface area contributed by atoms with Gasteiger partial charge in [-0.15, -0.1) is 0 Å². The van der Waals surface area contributed by atoms with E-state index in [2.05, 4.69) is 32.8 Å². The van der Waals surface area contributed by atoms with E-state index in [0.29, 0.717) is 6.04 Å². The second-order valence-corrected chi connectivity index (χ2v) is 6.40. The minimum absolute atomic E-state index is 0.192. The van der Waals surface area contributed by atoms with Gasteiger partial charge in [-0.1, -0.05) is 0 Å². The van der Waals surface area contributed by atoms with Gasteiger partial charge in [-0.2, -0.15) is 0 Å². The van der Waals surface area contributed by atoms with Gasteiger partial charge in [0.2, 0.25) is 0 Å². The summed E-state index contributed by atoms with van der Waals surface area (Å²) in [6.45, 7) is 2.05. The van der Waals surface area contributed by atoms with Gasteiger partial charge in [0.15, 0.2) is 0 Å². The number of imidazole rings is 1. The number of aromatic amines is 1. The molecule has 3 aromatic heterocycles. The zero-order valence-corrected chi connectivity index (χ0v) is 13.9. The topological polar surface area (TPSA) is 84.8 Å². The third kappa shape index (κ3) is 2.40. The minimum atomic E-state index is -0.345. The number of pyridine rings is 1.